The molecule has 3 saturated heterocycles. The summed E-state index contributed by atoms with van der Waals surface area (Å²) in [4.78, 5) is 29.0. The first-order chi connectivity index (χ1) is 20.3. The van der Waals surface area contributed by atoms with Crippen LogP contribution >= 0.6 is 11.6 Å². The van der Waals surface area contributed by atoms with E-state index in [1.54, 1.807) is 6.07 Å². The number of nitrogen functional groups attached to an aromatic ring is 1. The van der Waals surface area contributed by atoms with Crippen LogP contribution in [0.25, 0.3) is 0 Å². The summed E-state index contributed by atoms with van der Waals surface area (Å²) in [6.07, 6.45) is 8.09. The number of aromatic nitrogens is 5. The first kappa shape index (κ1) is 28.4. The highest BCUT2D eigenvalue weighted by Gasteiger charge is 2.42. The van der Waals surface area contributed by atoms with Crippen molar-refractivity contribution in [1.82, 2.24) is 25.3 Å². The lowest BCUT2D eigenvalue weighted by molar-refractivity contribution is -0.146. The smallest absolute Gasteiger partial charge is 0.317 e. The van der Waals surface area contributed by atoms with Gasteiger partial charge in [-0.3, -0.25) is 4.79 Å². The van der Waals surface area contributed by atoms with Crippen LogP contribution < -0.4 is 20.4 Å². The fourth-order valence-electron chi connectivity index (χ4n) is 6.69. The number of carbonyl (C=O) groups excluding carboxylic acids is 1. The molecule has 6 rings (SSSR count). The molecule has 3 unspecified atom stereocenters. The number of anilines is 4. The first-order valence-electron chi connectivity index (χ1n) is 14.8. The Hall–Kier alpha value is -3.67. The Labute approximate surface area is 250 Å². The zero-order valence-corrected chi connectivity index (χ0v) is 25.1. The number of hydrogen-bond donors (Lipinski definition) is 1. The van der Waals surface area contributed by atoms with Gasteiger partial charge in [-0.2, -0.15) is 0 Å². The van der Waals surface area contributed by atoms with Crippen LogP contribution in [0.3, 0.4) is 0 Å². The second-order valence-corrected chi connectivity index (χ2v) is 12.2. The second kappa shape index (κ2) is 11.9. The largest absolute Gasteiger partial charge is 0.465 e. The Balaban J connectivity index is 1.07. The van der Waals surface area contributed by atoms with Crippen molar-refractivity contribution in [2.45, 2.75) is 70.4 Å². The van der Waals surface area contributed by atoms with Gasteiger partial charge in [0.2, 0.25) is 5.95 Å². The molecule has 224 valence electrons. The van der Waals surface area contributed by atoms with Crippen LogP contribution in [-0.4, -0.2) is 76.2 Å². The van der Waals surface area contributed by atoms with Gasteiger partial charge in [-0.25, -0.2) is 9.97 Å². The summed E-state index contributed by atoms with van der Waals surface area (Å²) in [5.41, 5.74) is 8.12. The van der Waals surface area contributed by atoms with Gasteiger partial charge < -0.3 is 29.7 Å². The maximum Gasteiger partial charge on any atom is 0.317 e. The van der Waals surface area contributed by atoms with E-state index in [2.05, 4.69) is 30.1 Å². The zero-order valence-electron chi connectivity index (χ0n) is 24.3. The average molecular weight is 596 g/mol. The van der Waals surface area contributed by atoms with E-state index in [0.717, 1.165) is 74.9 Å². The van der Waals surface area contributed by atoms with Gasteiger partial charge in [-0.05, 0) is 50.0 Å². The highest BCUT2D eigenvalue weighted by molar-refractivity contribution is 6.29. The summed E-state index contributed by atoms with van der Waals surface area (Å²) < 4.78 is 10.9. The van der Waals surface area contributed by atoms with E-state index in [9.17, 15) is 4.79 Å². The van der Waals surface area contributed by atoms with Crippen LogP contribution in [0.1, 0.15) is 69.6 Å². The highest BCUT2D eigenvalue weighted by Crippen LogP contribution is 2.37. The predicted octanol–water partition coefficient (Wildman–Crippen LogP) is 4.03. The summed E-state index contributed by atoms with van der Waals surface area (Å²) in [6.45, 7) is 9.43. The molecule has 3 aliphatic rings. The molecule has 2 bridgehead atoms. The summed E-state index contributed by atoms with van der Waals surface area (Å²) in [7, 11) is 0. The van der Waals surface area contributed by atoms with Crippen molar-refractivity contribution in [2.24, 2.45) is 5.92 Å². The third-order valence-electron chi connectivity index (χ3n) is 8.80. The molecule has 2 N–H and O–H groups in total. The van der Waals surface area contributed by atoms with Crippen molar-refractivity contribution in [3.63, 3.8) is 0 Å². The van der Waals surface area contributed by atoms with Gasteiger partial charge in [0.05, 0.1) is 12.3 Å². The van der Waals surface area contributed by atoms with Crippen molar-refractivity contribution in [3.05, 3.63) is 41.0 Å². The van der Waals surface area contributed by atoms with Crippen molar-refractivity contribution in [3.8, 4) is 0 Å². The third-order valence-corrected chi connectivity index (χ3v) is 8.99. The fraction of sp³-hybridized carbons (Fsp3) is 0.586. The van der Waals surface area contributed by atoms with E-state index < -0.39 is 5.92 Å². The van der Waals surface area contributed by atoms with Crippen LogP contribution in [0.5, 0.6) is 0 Å². The first-order valence-corrected chi connectivity index (χ1v) is 15.2. The van der Waals surface area contributed by atoms with Crippen LogP contribution in [0.4, 0.5) is 23.3 Å². The SMILES string of the molecule is CCOC(=O)C(c1cc(N2CCC(c3cnc(N4C5CCC4CN(c4cc(Cl)nnc4N)C5)nc3)CC2)no1)C(C)C. The lowest BCUT2D eigenvalue weighted by atomic mass is 9.91. The molecule has 13 heteroatoms. The minimum absolute atomic E-state index is 0.0502. The fourth-order valence-corrected chi connectivity index (χ4v) is 6.83. The van der Waals surface area contributed by atoms with Gasteiger partial charge in [-0.15, -0.1) is 10.2 Å². The molecule has 0 radical (unpaired) electrons. The van der Waals surface area contributed by atoms with Crippen LogP contribution in [0.15, 0.2) is 29.0 Å². The quantitative estimate of drug-likeness (QED) is 0.376. The third kappa shape index (κ3) is 5.56. The van der Waals surface area contributed by atoms with E-state index in [-0.39, 0.29) is 11.9 Å². The minimum atomic E-state index is -0.457. The molecule has 3 fully saturated rings. The Bertz CT molecular complexity index is 1380. The molecule has 0 spiro atoms. The van der Waals surface area contributed by atoms with Crippen molar-refractivity contribution in [2.75, 3.05) is 53.2 Å². The van der Waals surface area contributed by atoms with Crippen molar-refractivity contribution in [1.29, 1.82) is 0 Å². The molecule has 0 saturated carbocycles. The maximum atomic E-state index is 12.5. The molecule has 3 aromatic heterocycles. The monoisotopic (exact) mass is 595 g/mol. The normalized spacial score (nSPS) is 21.7. The maximum absolute atomic E-state index is 12.5. The van der Waals surface area contributed by atoms with E-state index in [0.29, 0.717) is 41.3 Å². The van der Waals surface area contributed by atoms with Gasteiger partial charge in [0.25, 0.3) is 0 Å². The molecule has 3 atom stereocenters. The van der Waals surface area contributed by atoms with Gasteiger partial charge in [-0.1, -0.05) is 30.6 Å². The standard InChI is InChI=1S/C29H38ClN9O3/c1-4-41-28(40)26(17(2)3)23-12-25(36-42-23)37-9-7-18(8-10-37)19-13-32-29(33-14-19)39-20-5-6-21(39)16-38(15-20)22-11-24(30)34-35-27(22)31/h11-14,17-18,20-21,26H,4-10,15-16H2,1-3H3,(H2,31,35). The Morgan fingerprint density at radius 1 is 1.07 bits per heavy atom. The van der Waals surface area contributed by atoms with Gasteiger partial charge in [0.1, 0.15) is 5.92 Å². The lowest BCUT2D eigenvalue weighted by Gasteiger charge is -2.42. The average Bonchev–Trinajstić information content (AvgIpc) is 3.56. The number of esters is 1. The Morgan fingerprint density at radius 2 is 1.76 bits per heavy atom. The van der Waals surface area contributed by atoms with Crippen LogP contribution in [-0.2, 0) is 9.53 Å². The molecule has 0 aromatic carbocycles. The number of piperazine rings is 1. The molecule has 0 amide bonds. The number of halogens is 1. The summed E-state index contributed by atoms with van der Waals surface area (Å²) in [6, 6.07) is 4.29. The predicted molar refractivity (Wildman–Crippen MR) is 160 cm³/mol. The molecule has 3 aliphatic heterocycles. The van der Waals surface area contributed by atoms with E-state index in [1.165, 1.54) is 0 Å². The van der Waals surface area contributed by atoms with Crippen LogP contribution in [0.2, 0.25) is 5.15 Å². The number of fused-ring (bicyclic) bond motifs is 2. The highest BCUT2D eigenvalue weighted by atomic mass is 35.5. The Kier molecular flexibility index (Phi) is 8.06. The van der Waals surface area contributed by atoms with Crippen molar-refractivity contribution < 1.29 is 14.1 Å². The molecule has 3 aromatic rings. The number of nitrogens with two attached hydrogens (primary N) is 1. The van der Waals surface area contributed by atoms with E-state index >= 15 is 0 Å². The number of rotatable bonds is 8. The van der Waals surface area contributed by atoms with Gasteiger partial charge >= 0.3 is 5.97 Å². The molecular weight excluding hydrogens is 558 g/mol. The molecule has 12 nitrogen and oxygen atoms in total. The van der Waals surface area contributed by atoms with E-state index in [1.807, 2.05) is 39.2 Å². The number of hydrogen-bond acceptors (Lipinski definition) is 12. The zero-order chi connectivity index (χ0) is 29.4. The number of nitrogens with zero attached hydrogens (tertiary/aromatic N) is 8. The van der Waals surface area contributed by atoms with Crippen LogP contribution in [0, 0.1) is 5.92 Å². The topological polar surface area (TPSA) is 140 Å². The number of ether oxygens (including phenoxy) is 1. The second-order valence-electron chi connectivity index (χ2n) is 11.8. The summed E-state index contributed by atoms with van der Waals surface area (Å²) >= 11 is 6.10. The summed E-state index contributed by atoms with van der Waals surface area (Å²) in [5, 5.41) is 12.5. The van der Waals surface area contributed by atoms with Crippen molar-refractivity contribution >= 4 is 40.8 Å². The number of carbonyl (C=O) groups is 1. The van der Waals surface area contributed by atoms with E-state index in [4.69, 9.17) is 36.6 Å². The molecule has 6 heterocycles. The molecular formula is C29H38ClN9O3. The lowest BCUT2D eigenvalue weighted by Crippen LogP contribution is -2.54. The number of piperidine rings is 1. The Morgan fingerprint density at radius 3 is 2.40 bits per heavy atom. The molecule has 42 heavy (non-hydrogen) atoms. The molecule has 0 aliphatic carbocycles. The van der Waals surface area contributed by atoms with Gasteiger partial charge in [0.15, 0.2) is 22.5 Å². The van der Waals surface area contributed by atoms with Gasteiger partial charge in [0, 0.05) is 62.8 Å². The summed E-state index contributed by atoms with van der Waals surface area (Å²) in [5.74, 6) is 2.22. The minimum Gasteiger partial charge on any atom is -0.465 e.